The van der Waals surface area contributed by atoms with Crippen LogP contribution in [-0.4, -0.2) is 37.9 Å². The van der Waals surface area contributed by atoms with Crippen molar-refractivity contribution in [2.24, 2.45) is 11.3 Å². The largest absolute Gasteiger partial charge is 0.468 e. The van der Waals surface area contributed by atoms with Crippen LogP contribution in [0.4, 0.5) is 0 Å². The molecule has 1 N–H and O–H groups in total. The Balaban J connectivity index is 1.99. The first-order chi connectivity index (χ1) is 9.58. The summed E-state index contributed by atoms with van der Waals surface area (Å²) >= 11 is 0. The fraction of sp³-hybridized carbons (Fsp3) is 0.938. The van der Waals surface area contributed by atoms with E-state index < -0.39 is 0 Å². The van der Waals surface area contributed by atoms with E-state index in [1.165, 1.54) is 26.4 Å². The molecule has 4 unspecified atom stereocenters. The highest BCUT2D eigenvalue weighted by Gasteiger charge is 2.59. The Hall–Kier alpha value is -0.610. The molecule has 2 aliphatic carbocycles. The maximum atomic E-state index is 12.0. The van der Waals surface area contributed by atoms with Crippen molar-refractivity contribution in [2.75, 3.05) is 13.7 Å². The zero-order valence-corrected chi connectivity index (χ0v) is 13.3. The molecule has 2 saturated carbocycles. The number of hydrogen-bond acceptors (Lipinski definition) is 4. The molecular weight excluding hydrogens is 254 g/mol. The summed E-state index contributed by atoms with van der Waals surface area (Å²) in [5.41, 5.74) is 0.287. The third-order valence-corrected chi connectivity index (χ3v) is 5.49. The molecule has 116 valence electrons. The summed E-state index contributed by atoms with van der Waals surface area (Å²) in [5, 5.41) is 3.58. The number of carbonyl (C=O) groups excluding carboxylic acids is 1. The first kappa shape index (κ1) is 15.8. The summed E-state index contributed by atoms with van der Waals surface area (Å²) < 4.78 is 10.8. The van der Waals surface area contributed by atoms with Crippen molar-refractivity contribution in [2.45, 2.75) is 71.1 Å². The Labute approximate surface area is 122 Å². The van der Waals surface area contributed by atoms with Crippen molar-refractivity contribution >= 4 is 5.97 Å². The zero-order chi connectivity index (χ0) is 14.8. The van der Waals surface area contributed by atoms with Crippen molar-refractivity contribution in [3.05, 3.63) is 0 Å². The van der Waals surface area contributed by atoms with Gasteiger partial charge < -0.3 is 14.8 Å². The molecule has 0 saturated heterocycles. The van der Waals surface area contributed by atoms with E-state index in [4.69, 9.17) is 9.47 Å². The lowest BCUT2D eigenvalue weighted by Gasteiger charge is -2.61. The van der Waals surface area contributed by atoms with E-state index in [-0.39, 0.29) is 17.4 Å². The molecule has 20 heavy (non-hydrogen) atoms. The lowest BCUT2D eigenvalue weighted by atomic mass is 9.51. The minimum absolute atomic E-state index is 0.131. The Kier molecular flexibility index (Phi) is 5.08. The molecule has 4 heteroatoms. The molecule has 4 atom stereocenters. The van der Waals surface area contributed by atoms with Gasteiger partial charge in [0.25, 0.3) is 0 Å². The molecule has 0 aromatic heterocycles. The molecule has 0 amide bonds. The number of carbonyl (C=O) groups is 1. The molecular formula is C16H29NO3. The maximum absolute atomic E-state index is 12.0. The van der Waals surface area contributed by atoms with E-state index in [0.717, 1.165) is 19.4 Å². The van der Waals surface area contributed by atoms with Crippen LogP contribution in [0.25, 0.3) is 0 Å². The molecule has 0 aliphatic heterocycles. The molecule has 1 spiro atoms. The van der Waals surface area contributed by atoms with Crippen molar-refractivity contribution in [3.8, 4) is 0 Å². The van der Waals surface area contributed by atoms with Gasteiger partial charge in [0.05, 0.1) is 13.2 Å². The van der Waals surface area contributed by atoms with Gasteiger partial charge in [0.1, 0.15) is 6.04 Å². The zero-order valence-electron chi connectivity index (χ0n) is 13.3. The van der Waals surface area contributed by atoms with Crippen LogP contribution in [0.1, 0.15) is 52.9 Å². The molecule has 0 radical (unpaired) electrons. The molecule has 2 fully saturated rings. The average molecular weight is 283 g/mol. The lowest BCUT2D eigenvalue weighted by Crippen LogP contribution is -2.69. The normalized spacial score (nSPS) is 30.2. The summed E-state index contributed by atoms with van der Waals surface area (Å²) in [7, 11) is 1.47. The second-order valence-corrected chi connectivity index (χ2v) is 6.37. The minimum Gasteiger partial charge on any atom is -0.468 e. The van der Waals surface area contributed by atoms with Gasteiger partial charge in [0.2, 0.25) is 0 Å². The Bertz CT molecular complexity index is 341. The number of hydrogen-bond donors (Lipinski definition) is 1. The topological polar surface area (TPSA) is 47.6 Å². The van der Waals surface area contributed by atoms with E-state index in [9.17, 15) is 4.79 Å². The monoisotopic (exact) mass is 283 g/mol. The van der Waals surface area contributed by atoms with Crippen molar-refractivity contribution in [1.29, 1.82) is 0 Å². The van der Waals surface area contributed by atoms with E-state index in [1.807, 2.05) is 0 Å². The highest BCUT2D eigenvalue weighted by molar-refractivity contribution is 5.76. The number of nitrogens with one attached hydrogen (secondary N) is 1. The quantitative estimate of drug-likeness (QED) is 0.729. The van der Waals surface area contributed by atoms with E-state index in [2.05, 4.69) is 26.1 Å². The third-order valence-electron chi connectivity index (χ3n) is 5.49. The summed E-state index contributed by atoms with van der Waals surface area (Å²) in [6.07, 6.45) is 6.12. The van der Waals surface area contributed by atoms with E-state index in [0.29, 0.717) is 18.1 Å². The first-order valence-corrected chi connectivity index (χ1v) is 8.04. The van der Waals surface area contributed by atoms with Gasteiger partial charge in [-0.1, -0.05) is 26.7 Å². The Morgan fingerprint density at radius 2 is 2.10 bits per heavy atom. The third kappa shape index (κ3) is 2.60. The van der Waals surface area contributed by atoms with Gasteiger partial charge in [-0.15, -0.1) is 0 Å². The van der Waals surface area contributed by atoms with Gasteiger partial charge in [-0.25, -0.2) is 0 Å². The van der Waals surface area contributed by atoms with Gasteiger partial charge in [-0.05, 0) is 32.1 Å². The summed E-state index contributed by atoms with van der Waals surface area (Å²) in [6.45, 7) is 7.07. The first-order valence-electron chi connectivity index (χ1n) is 8.04. The van der Waals surface area contributed by atoms with Crippen LogP contribution in [0.3, 0.4) is 0 Å². The predicted octanol–water partition coefficient (Wildman–Crippen LogP) is 2.51. The van der Waals surface area contributed by atoms with Crippen molar-refractivity contribution in [1.82, 2.24) is 5.32 Å². The SMILES string of the molecule is CCOC1CC(NC(C(=O)OC)C(C)CC)C12CCC2. The molecule has 0 aromatic rings. The van der Waals surface area contributed by atoms with Gasteiger partial charge >= 0.3 is 5.97 Å². The van der Waals surface area contributed by atoms with E-state index in [1.54, 1.807) is 0 Å². The molecule has 2 aliphatic rings. The van der Waals surface area contributed by atoms with Crippen LogP contribution in [0.5, 0.6) is 0 Å². The number of esters is 1. The highest BCUT2D eigenvalue weighted by atomic mass is 16.5. The number of ether oxygens (including phenoxy) is 2. The molecule has 0 bridgehead atoms. The lowest BCUT2D eigenvalue weighted by molar-refractivity contribution is -0.179. The van der Waals surface area contributed by atoms with Crippen molar-refractivity contribution < 1.29 is 14.3 Å². The van der Waals surface area contributed by atoms with Crippen LogP contribution in [0.2, 0.25) is 0 Å². The van der Waals surface area contributed by atoms with Crippen molar-refractivity contribution in [3.63, 3.8) is 0 Å². The van der Waals surface area contributed by atoms with Gasteiger partial charge in [0, 0.05) is 18.1 Å². The Morgan fingerprint density at radius 1 is 1.40 bits per heavy atom. The standard InChI is InChI=1S/C16H29NO3/c1-5-11(3)14(15(18)19-4)17-12-10-13(20-6-2)16(12)8-7-9-16/h11-14,17H,5-10H2,1-4H3. The number of methoxy groups -OCH3 is 1. The van der Waals surface area contributed by atoms with Gasteiger partial charge in [-0.3, -0.25) is 4.79 Å². The number of rotatable bonds is 7. The van der Waals surface area contributed by atoms with Crippen LogP contribution in [0, 0.1) is 11.3 Å². The molecule has 0 heterocycles. The second kappa shape index (κ2) is 6.44. The predicted molar refractivity (Wildman–Crippen MR) is 78.5 cm³/mol. The average Bonchev–Trinajstić information content (AvgIpc) is 2.38. The van der Waals surface area contributed by atoms with Crippen LogP contribution < -0.4 is 5.32 Å². The smallest absolute Gasteiger partial charge is 0.323 e. The van der Waals surface area contributed by atoms with Crippen LogP contribution >= 0.6 is 0 Å². The van der Waals surface area contributed by atoms with Crippen LogP contribution in [0.15, 0.2) is 0 Å². The van der Waals surface area contributed by atoms with Gasteiger partial charge in [-0.2, -0.15) is 0 Å². The maximum Gasteiger partial charge on any atom is 0.323 e. The van der Waals surface area contributed by atoms with Crippen LogP contribution in [-0.2, 0) is 14.3 Å². The molecule has 0 aromatic carbocycles. The highest BCUT2D eigenvalue weighted by Crippen LogP contribution is 2.57. The Morgan fingerprint density at radius 3 is 2.55 bits per heavy atom. The molecule has 4 nitrogen and oxygen atoms in total. The van der Waals surface area contributed by atoms with Gasteiger partial charge in [0.15, 0.2) is 0 Å². The van der Waals surface area contributed by atoms with E-state index >= 15 is 0 Å². The summed E-state index contributed by atoms with van der Waals surface area (Å²) in [5.74, 6) is 0.166. The molecule has 2 rings (SSSR count). The second-order valence-electron chi connectivity index (χ2n) is 6.37. The fourth-order valence-electron chi connectivity index (χ4n) is 3.72. The summed E-state index contributed by atoms with van der Waals surface area (Å²) in [6, 6.07) is 0.223. The minimum atomic E-state index is -0.185. The summed E-state index contributed by atoms with van der Waals surface area (Å²) in [4.78, 5) is 12.0. The fourth-order valence-corrected chi connectivity index (χ4v) is 3.72.